The molecular weight excluding hydrogens is 204 g/mol. The Balaban J connectivity index is 1.83. The molecule has 0 bridgehead atoms. The minimum atomic E-state index is 1.01. The lowest BCUT2D eigenvalue weighted by atomic mass is 9.99. The summed E-state index contributed by atoms with van der Waals surface area (Å²) < 4.78 is 0. The predicted octanol–water partition coefficient (Wildman–Crippen LogP) is 2.06. The van der Waals surface area contributed by atoms with E-state index in [0.717, 1.165) is 5.92 Å². The van der Waals surface area contributed by atoms with Gasteiger partial charge in [-0.2, -0.15) is 11.8 Å². The van der Waals surface area contributed by atoms with E-state index in [2.05, 4.69) is 36.1 Å². The second-order valence-electron chi connectivity index (χ2n) is 4.75. The van der Waals surface area contributed by atoms with Crippen molar-refractivity contribution in [3.8, 4) is 0 Å². The van der Waals surface area contributed by atoms with Crippen LogP contribution in [0.15, 0.2) is 0 Å². The van der Waals surface area contributed by atoms with Crippen LogP contribution in [0.2, 0.25) is 0 Å². The molecule has 0 saturated carbocycles. The molecule has 15 heavy (non-hydrogen) atoms. The summed E-state index contributed by atoms with van der Waals surface area (Å²) in [4.78, 5) is 2.25. The molecule has 1 aliphatic heterocycles. The molecule has 0 aliphatic carbocycles. The highest BCUT2D eigenvalue weighted by Crippen LogP contribution is 2.24. The standard InChI is InChI=1S/C12H26N2S/c1-14(2)9-3-7-13-8-4-12-5-10-15-11-6-12/h12-13H,3-11H2,1-2H3. The average Bonchev–Trinajstić information content (AvgIpc) is 2.24. The summed E-state index contributed by atoms with van der Waals surface area (Å²) >= 11 is 2.12. The lowest BCUT2D eigenvalue weighted by Crippen LogP contribution is -2.24. The number of thioether (sulfide) groups is 1. The van der Waals surface area contributed by atoms with E-state index in [1.54, 1.807) is 0 Å². The van der Waals surface area contributed by atoms with E-state index in [0.29, 0.717) is 0 Å². The van der Waals surface area contributed by atoms with Gasteiger partial charge in [-0.15, -0.1) is 0 Å². The number of rotatable bonds is 7. The predicted molar refractivity (Wildman–Crippen MR) is 70.7 cm³/mol. The van der Waals surface area contributed by atoms with E-state index in [1.807, 2.05) is 0 Å². The van der Waals surface area contributed by atoms with Crippen LogP contribution in [0.1, 0.15) is 25.7 Å². The first kappa shape index (κ1) is 13.3. The maximum absolute atomic E-state index is 3.55. The Morgan fingerprint density at radius 3 is 2.60 bits per heavy atom. The van der Waals surface area contributed by atoms with Crippen LogP contribution >= 0.6 is 11.8 Å². The summed E-state index contributed by atoms with van der Waals surface area (Å²) in [6, 6.07) is 0. The molecule has 0 radical (unpaired) electrons. The summed E-state index contributed by atoms with van der Waals surface area (Å²) in [5.74, 6) is 3.80. The maximum atomic E-state index is 3.55. The van der Waals surface area contributed by atoms with Gasteiger partial charge in [-0.1, -0.05) is 0 Å². The molecule has 0 amide bonds. The first-order chi connectivity index (χ1) is 7.29. The molecule has 3 heteroatoms. The first-order valence-electron chi connectivity index (χ1n) is 6.22. The Labute approximate surface area is 99.2 Å². The van der Waals surface area contributed by atoms with E-state index in [9.17, 15) is 0 Å². The summed E-state index contributed by atoms with van der Waals surface area (Å²) in [6.45, 7) is 3.61. The third-order valence-electron chi connectivity index (χ3n) is 3.03. The normalized spacial score (nSPS) is 18.6. The Bertz CT molecular complexity index is 145. The second kappa shape index (κ2) is 8.43. The summed E-state index contributed by atoms with van der Waals surface area (Å²) in [5, 5.41) is 3.55. The first-order valence-corrected chi connectivity index (χ1v) is 7.37. The van der Waals surface area contributed by atoms with E-state index in [-0.39, 0.29) is 0 Å². The van der Waals surface area contributed by atoms with Crippen LogP contribution in [0, 0.1) is 5.92 Å². The monoisotopic (exact) mass is 230 g/mol. The van der Waals surface area contributed by atoms with Crippen molar-refractivity contribution in [2.24, 2.45) is 5.92 Å². The Morgan fingerprint density at radius 2 is 1.93 bits per heavy atom. The Morgan fingerprint density at radius 1 is 1.20 bits per heavy atom. The van der Waals surface area contributed by atoms with Gasteiger partial charge in [0.1, 0.15) is 0 Å². The largest absolute Gasteiger partial charge is 0.317 e. The molecule has 1 heterocycles. The van der Waals surface area contributed by atoms with Gasteiger partial charge in [-0.3, -0.25) is 0 Å². The van der Waals surface area contributed by atoms with Crippen molar-refractivity contribution in [1.29, 1.82) is 0 Å². The Hall–Kier alpha value is 0.270. The van der Waals surface area contributed by atoms with Crippen molar-refractivity contribution in [1.82, 2.24) is 10.2 Å². The molecule has 0 aromatic rings. The third-order valence-corrected chi connectivity index (χ3v) is 4.08. The fourth-order valence-electron chi connectivity index (χ4n) is 1.99. The maximum Gasteiger partial charge on any atom is -0.00127 e. The van der Waals surface area contributed by atoms with Crippen LogP contribution in [-0.2, 0) is 0 Å². The second-order valence-corrected chi connectivity index (χ2v) is 5.98. The SMILES string of the molecule is CN(C)CCCNCCC1CCSCC1. The van der Waals surface area contributed by atoms with E-state index < -0.39 is 0 Å². The van der Waals surface area contributed by atoms with Crippen molar-refractivity contribution in [2.45, 2.75) is 25.7 Å². The summed E-state index contributed by atoms with van der Waals surface area (Å²) in [6.07, 6.45) is 5.56. The molecule has 1 aliphatic rings. The highest BCUT2D eigenvalue weighted by atomic mass is 32.2. The van der Waals surface area contributed by atoms with Gasteiger partial charge < -0.3 is 10.2 Å². The molecule has 1 rings (SSSR count). The molecule has 1 N–H and O–H groups in total. The minimum absolute atomic E-state index is 1.01. The zero-order chi connectivity index (χ0) is 10.9. The van der Waals surface area contributed by atoms with Crippen molar-refractivity contribution in [2.75, 3.05) is 45.2 Å². The van der Waals surface area contributed by atoms with Gasteiger partial charge in [0.25, 0.3) is 0 Å². The summed E-state index contributed by atoms with van der Waals surface area (Å²) in [5.41, 5.74) is 0. The lowest BCUT2D eigenvalue weighted by molar-refractivity contribution is 0.387. The molecule has 2 nitrogen and oxygen atoms in total. The van der Waals surface area contributed by atoms with Crippen molar-refractivity contribution in [3.05, 3.63) is 0 Å². The molecule has 0 aromatic carbocycles. The van der Waals surface area contributed by atoms with Gasteiger partial charge in [0.05, 0.1) is 0 Å². The number of nitrogens with zero attached hydrogens (tertiary/aromatic N) is 1. The van der Waals surface area contributed by atoms with Crippen LogP contribution < -0.4 is 5.32 Å². The van der Waals surface area contributed by atoms with Crippen LogP contribution in [0.3, 0.4) is 0 Å². The van der Waals surface area contributed by atoms with Gasteiger partial charge in [-0.05, 0) is 76.8 Å². The number of nitrogens with one attached hydrogen (secondary N) is 1. The molecule has 0 atom stereocenters. The third kappa shape index (κ3) is 7.20. The quantitative estimate of drug-likeness (QED) is 0.674. The van der Waals surface area contributed by atoms with Crippen LogP contribution in [-0.4, -0.2) is 50.1 Å². The molecule has 1 fully saturated rings. The van der Waals surface area contributed by atoms with Crippen LogP contribution in [0.5, 0.6) is 0 Å². The highest BCUT2D eigenvalue weighted by molar-refractivity contribution is 7.99. The molecule has 90 valence electrons. The van der Waals surface area contributed by atoms with Gasteiger partial charge in [-0.25, -0.2) is 0 Å². The fourth-order valence-corrected chi connectivity index (χ4v) is 3.19. The lowest BCUT2D eigenvalue weighted by Gasteiger charge is -2.21. The van der Waals surface area contributed by atoms with E-state index in [1.165, 1.54) is 56.8 Å². The zero-order valence-corrected chi connectivity index (χ0v) is 11.1. The topological polar surface area (TPSA) is 15.3 Å². The van der Waals surface area contributed by atoms with Gasteiger partial charge >= 0.3 is 0 Å². The highest BCUT2D eigenvalue weighted by Gasteiger charge is 2.12. The van der Waals surface area contributed by atoms with Gasteiger partial charge in [0, 0.05) is 0 Å². The molecule has 1 saturated heterocycles. The average molecular weight is 230 g/mol. The van der Waals surface area contributed by atoms with Crippen molar-refractivity contribution >= 4 is 11.8 Å². The van der Waals surface area contributed by atoms with Gasteiger partial charge in [0.2, 0.25) is 0 Å². The molecule has 0 unspecified atom stereocenters. The molecule has 0 spiro atoms. The smallest absolute Gasteiger partial charge is 0.00127 e. The van der Waals surface area contributed by atoms with Crippen molar-refractivity contribution in [3.63, 3.8) is 0 Å². The number of hydrogen-bond acceptors (Lipinski definition) is 3. The Kier molecular flexibility index (Phi) is 7.49. The summed E-state index contributed by atoms with van der Waals surface area (Å²) in [7, 11) is 4.28. The van der Waals surface area contributed by atoms with Crippen LogP contribution in [0.4, 0.5) is 0 Å². The van der Waals surface area contributed by atoms with E-state index in [4.69, 9.17) is 0 Å². The van der Waals surface area contributed by atoms with Crippen molar-refractivity contribution < 1.29 is 0 Å². The minimum Gasteiger partial charge on any atom is -0.317 e. The van der Waals surface area contributed by atoms with Gasteiger partial charge in [0.15, 0.2) is 0 Å². The van der Waals surface area contributed by atoms with Crippen LogP contribution in [0.25, 0.3) is 0 Å². The zero-order valence-electron chi connectivity index (χ0n) is 10.3. The fraction of sp³-hybridized carbons (Fsp3) is 1.00. The molecule has 0 aromatic heterocycles. The van der Waals surface area contributed by atoms with E-state index >= 15 is 0 Å². The number of hydrogen-bond donors (Lipinski definition) is 1. The molecular formula is C12H26N2S.